The van der Waals surface area contributed by atoms with Crippen molar-refractivity contribution < 1.29 is 9.53 Å². The number of ether oxygens (including phenoxy) is 1. The molecule has 1 saturated heterocycles. The molecular weight excluding hydrogens is 464 g/mol. The summed E-state index contributed by atoms with van der Waals surface area (Å²) in [6.07, 6.45) is 5.63. The van der Waals surface area contributed by atoms with Crippen LogP contribution in [0.1, 0.15) is 58.7 Å². The lowest BCUT2D eigenvalue weighted by molar-refractivity contribution is 0.0517. The van der Waals surface area contributed by atoms with Gasteiger partial charge in [-0.2, -0.15) is 0 Å². The Morgan fingerprint density at radius 2 is 1.95 bits per heavy atom. The molecule has 0 bridgehead atoms. The molecule has 1 aliphatic rings. The lowest BCUT2D eigenvalue weighted by atomic mass is 9.92. The van der Waals surface area contributed by atoms with E-state index < -0.39 is 0 Å². The van der Waals surface area contributed by atoms with Gasteiger partial charge in [-0.25, -0.2) is 0 Å². The molecule has 5 rings (SSSR count). The van der Waals surface area contributed by atoms with Gasteiger partial charge in [0.2, 0.25) is 0 Å². The maximum absolute atomic E-state index is 13.6. The molecule has 7 nitrogen and oxygen atoms in total. The van der Waals surface area contributed by atoms with Crippen LogP contribution >= 0.6 is 0 Å². The smallest absolute Gasteiger partial charge is 0.254 e. The molecule has 1 aromatic carbocycles. The zero-order valence-electron chi connectivity index (χ0n) is 21.9. The Labute approximate surface area is 216 Å². The lowest BCUT2D eigenvalue weighted by Gasteiger charge is -2.30. The third-order valence-electron chi connectivity index (χ3n) is 7.75. The van der Waals surface area contributed by atoms with E-state index in [0.29, 0.717) is 17.0 Å². The molecule has 0 aliphatic carbocycles. The Hall–Kier alpha value is -3.71. The third kappa shape index (κ3) is 4.83. The molecule has 7 heteroatoms. The summed E-state index contributed by atoms with van der Waals surface area (Å²) in [5.74, 6) is 0.295. The average molecular weight is 499 g/mol. The Morgan fingerprint density at radius 3 is 2.65 bits per heavy atom. The van der Waals surface area contributed by atoms with Gasteiger partial charge in [0.1, 0.15) is 0 Å². The zero-order chi connectivity index (χ0) is 26.1. The lowest BCUT2D eigenvalue weighted by Crippen LogP contribution is -2.28. The zero-order valence-corrected chi connectivity index (χ0v) is 21.9. The first-order valence-electron chi connectivity index (χ1n) is 13.0. The minimum atomic E-state index is -0.172. The van der Waals surface area contributed by atoms with Gasteiger partial charge in [0.15, 0.2) is 0 Å². The van der Waals surface area contributed by atoms with Crippen molar-refractivity contribution in [2.45, 2.75) is 53.1 Å². The minimum Gasteiger partial charge on any atom is -0.381 e. The summed E-state index contributed by atoms with van der Waals surface area (Å²) in [6, 6.07) is 12.4. The van der Waals surface area contributed by atoms with Crippen LogP contribution < -0.4 is 10.9 Å². The molecule has 1 atom stereocenters. The van der Waals surface area contributed by atoms with E-state index in [1.807, 2.05) is 57.3 Å². The van der Waals surface area contributed by atoms with E-state index in [4.69, 9.17) is 4.74 Å². The van der Waals surface area contributed by atoms with Crippen molar-refractivity contribution in [3.63, 3.8) is 0 Å². The number of aryl methyl sites for hydroxylation is 2. The Balaban J connectivity index is 1.57. The number of rotatable bonds is 6. The van der Waals surface area contributed by atoms with Gasteiger partial charge in [0, 0.05) is 71.6 Å². The van der Waals surface area contributed by atoms with Crippen molar-refractivity contribution in [3.8, 4) is 11.1 Å². The second-order valence-corrected chi connectivity index (χ2v) is 10.1. The molecule has 192 valence electrons. The maximum atomic E-state index is 13.6. The van der Waals surface area contributed by atoms with Crippen LogP contribution in [0.25, 0.3) is 22.0 Å². The highest BCUT2D eigenvalue weighted by Gasteiger charge is 2.28. The maximum Gasteiger partial charge on any atom is 0.254 e. The highest BCUT2D eigenvalue weighted by molar-refractivity contribution is 6.09. The summed E-state index contributed by atoms with van der Waals surface area (Å²) in [4.78, 5) is 33.3. The monoisotopic (exact) mass is 498 g/mol. The van der Waals surface area contributed by atoms with Crippen molar-refractivity contribution in [1.82, 2.24) is 19.9 Å². The molecule has 0 spiro atoms. The number of H-pyrrole nitrogens is 1. The predicted molar refractivity (Wildman–Crippen MR) is 146 cm³/mol. The number of amides is 1. The number of carbonyl (C=O) groups excluding carboxylic acids is 1. The molecule has 1 amide bonds. The van der Waals surface area contributed by atoms with Crippen LogP contribution in [-0.2, 0) is 11.3 Å². The standard InChI is InChI=1S/C30H34N4O3/c1-18-14-19(2)33-29(35)26(18)17-32-30(36)28-21(4)34(20(3)22-9-12-37-13-10-22)27-15-23(7-8-25(27)28)24-6-5-11-31-16-24/h5-8,11,14-16,20,22H,9-10,12-13,17H2,1-4H3,(H,32,36)(H,33,35)/t20-/m0/s1. The summed E-state index contributed by atoms with van der Waals surface area (Å²) < 4.78 is 7.94. The van der Waals surface area contributed by atoms with E-state index in [9.17, 15) is 9.59 Å². The van der Waals surface area contributed by atoms with E-state index in [0.717, 1.165) is 65.0 Å². The van der Waals surface area contributed by atoms with E-state index >= 15 is 0 Å². The summed E-state index contributed by atoms with van der Waals surface area (Å²) in [6.45, 7) is 9.74. The number of aromatic nitrogens is 3. The first kappa shape index (κ1) is 25.0. The van der Waals surface area contributed by atoms with Gasteiger partial charge in [0.25, 0.3) is 11.5 Å². The van der Waals surface area contributed by atoms with Gasteiger partial charge in [-0.05, 0) is 75.8 Å². The van der Waals surface area contributed by atoms with Crippen molar-refractivity contribution >= 4 is 16.8 Å². The highest BCUT2D eigenvalue weighted by Crippen LogP contribution is 2.37. The summed E-state index contributed by atoms with van der Waals surface area (Å²) in [7, 11) is 0. The number of hydrogen-bond acceptors (Lipinski definition) is 4. The van der Waals surface area contributed by atoms with E-state index in [-0.39, 0.29) is 24.1 Å². The number of nitrogens with zero attached hydrogens (tertiary/aromatic N) is 2. The van der Waals surface area contributed by atoms with Gasteiger partial charge < -0.3 is 19.6 Å². The van der Waals surface area contributed by atoms with Crippen LogP contribution in [-0.4, -0.2) is 33.7 Å². The number of pyridine rings is 2. The Morgan fingerprint density at radius 1 is 1.16 bits per heavy atom. The van der Waals surface area contributed by atoms with Crippen molar-refractivity contribution in [2.24, 2.45) is 5.92 Å². The van der Waals surface area contributed by atoms with E-state index in [1.54, 1.807) is 6.20 Å². The molecule has 3 aromatic heterocycles. The number of nitrogens with one attached hydrogen (secondary N) is 2. The fourth-order valence-corrected chi connectivity index (χ4v) is 5.73. The number of benzene rings is 1. The third-order valence-corrected chi connectivity index (χ3v) is 7.75. The fraction of sp³-hybridized carbons (Fsp3) is 0.367. The van der Waals surface area contributed by atoms with E-state index in [1.165, 1.54) is 0 Å². The molecule has 37 heavy (non-hydrogen) atoms. The van der Waals surface area contributed by atoms with Crippen LogP contribution in [0.2, 0.25) is 0 Å². The molecule has 0 saturated carbocycles. The van der Waals surface area contributed by atoms with Gasteiger partial charge in [-0.1, -0.05) is 18.2 Å². The molecule has 2 N–H and O–H groups in total. The largest absolute Gasteiger partial charge is 0.381 e. The average Bonchev–Trinajstić information content (AvgIpc) is 3.19. The van der Waals surface area contributed by atoms with Crippen LogP contribution in [0.15, 0.2) is 53.6 Å². The van der Waals surface area contributed by atoms with Crippen molar-refractivity contribution in [2.75, 3.05) is 13.2 Å². The SMILES string of the molecule is Cc1cc(C)c(CNC(=O)c2c(C)n([C@@H](C)C3CCOCC3)c3cc(-c4cccnc4)ccc23)c(=O)[nH]1. The number of carbonyl (C=O) groups is 1. The minimum absolute atomic E-state index is 0.161. The van der Waals surface area contributed by atoms with Gasteiger partial charge >= 0.3 is 0 Å². The molecule has 0 unspecified atom stereocenters. The summed E-state index contributed by atoms with van der Waals surface area (Å²) in [5.41, 5.74) is 6.82. The molecule has 1 aliphatic heterocycles. The fourth-order valence-electron chi connectivity index (χ4n) is 5.73. The Kier molecular flexibility index (Phi) is 6.98. The van der Waals surface area contributed by atoms with Gasteiger partial charge in [-0.15, -0.1) is 0 Å². The second-order valence-electron chi connectivity index (χ2n) is 10.1. The summed E-state index contributed by atoms with van der Waals surface area (Å²) in [5, 5.41) is 3.94. The summed E-state index contributed by atoms with van der Waals surface area (Å²) >= 11 is 0. The number of aromatic amines is 1. The number of fused-ring (bicyclic) bond motifs is 1. The molecular formula is C30H34N4O3. The van der Waals surface area contributed by atoms with Gasteiger partial charge in [0.05, 0.1) is 5.56 Å². The van der Waals surface area contributed by atoms with Crippen LogP contribution in [0, 0.1) is 26.7 Å². The topological polar surface area (TPSA) is 89.0 Å². The van der Waals surface area contributed by atoms with Crippen LogP contribution in [0.3, 0.4) is 0 Å². The molecule has 4 heterocycles. The second kappa shape index (κ2) is 10.3. The quantitative estimate of drug-likeness (QED) is 0.381. The van der Waals surface area contributed by atoms with Crippen LogP contribution in [0.4, 0.5) is 0 Å². The first-order chi connectivity index (χ1) is 17.8. The molecule has 0 radical (unpaired) electrons. The first-order valence-corrected chi connectivity index (χ1v) is 13.0. The highest BCUT2D eigenvalue weighted by atomic mass is 16.5. The van der Waals surface area contributed by atoms with Crippen molar-refractivity contribution in [3.05, 3.63) is 87.2 Å². The predicted octanol–water partition coefficient (Wildman–Crippen LogP) is 5.23. The molecule has 1 fully saturated rings. The van der Waals surface area contributed by atoms with Gasteiger partial charge in [-0.3, -0.25) is 14.6 Å². The number of hydrogen-bond donors (Lipinski definition) is 2. The molecule has 4 aromatic rings. The normalized spacial score (nSPS) is 15.1. The van der Waals surface area contributed by atoms with E-state index in [2.05, 4.69) is 32.8 Å². The Bertz CT molecular complexity index is 1500. The van der Waals surface area contributed by atoms with Crippen LogP contribution in [0.5, 0.6) is 0 Å². The van der Waals surface area contributed by atoms with Crippen molar-refractivity contribution in [1.29, 1.82) is 0 Å².